The van der Waals surface area contributed by atoms with Crippen LogP contribution in [0.1, 0.15) is 23.5 Å². The smallest absolute Gasteiger partial charge is 0.133 e. The molecule has 3 aromatic rings. The molecule has 0 aliphatic carbocycles. The molecule has 1 unspecified atom stereocenters. The van der Waals surface area contributed by atoms with Gasteiger partial charge in [-0.15, -0.1) is 0 Å². The van der Waals surface area contributed by atoms with Gasteiger partial charge < -0.3 is 4.90 Å². The molecule has 0 amide bonds. The summed E-state index contributed by atoms with van der Waals surface area (Å²) in [6.45, 7) is 9.63. The van der Waals surface area contributed by atoms with Crippen molar-refractivity contribution in [1.29, 1.82) is 0 Å². The van der Waals surface area contributed by atoms with E-state index in [0.717, 1.165) is 42.0 Å². The van der Waals surface area contributed by atoms with E-state index in [0.29, 0.717) is 11.5 Å². The number of allylic oxidation sites excluding steroid dienone is 1. The highest BCUT2D eigenvalue weighted by molar-refractivity contribution is 5.77. The number of nitrogens with zero attached hydrogens (tertiary/aromatic N) is 4. The minimum Gasteiger partial charge on any atom is -0.370 e. The lowest BCUT2D eigenvalue weighted by atomic mass is 9.98. The number of fused-ring (bicyclic) bond motifs is 1. The van der Waals surface area contributed by atoms with Gasteiger partial charge in [0.2, 0.25) is 0 Å². The highest BCUT2D eigenvalue weighted by atomic mass is 19.1. The Morgan fingerprint density at radius 2 is 2.18 bits per heavy atom. The van der Waals surface area contributed by atoms with Crippen LogP contribution in [0, 0.1) is 5.82 Å². The summed E-state index contributed by atoms with van der Waals surface area (Å²) < 4.78 is 16.8. The highest BCUT2D eigenvalue weighted by Gasteiger charge is 2.27. The third kappa shape index (κ3) is 3.13. The fourth-order valence-corrected chi connectivity index (χ4v) is 3.99. The van der Waals surface area contributed by atoms with E-state index in [-0.39, 0.29) is 5.82 Å². The molecule has 28 heavy (non-hydrogen) atoms. The molecule has 4 nitrogen and oxygen atoms in total. The largest absolute Gasteiger partial charge is 0.370 e. The van der Waals surface area contributed by atoms with Crippen molar-refractivity contribution in [1.82, 2.24) is 14.3 Å². The van der Waals surface area contributed by atoms with Crippen molar-refractivity contribution < 1.29 is 4.39 Å². The molecule has 0 N–H and O–H groups in total. The first-order valence-corrected chi connectivity index (χ1v) is 9.35. The second kappa shape index (κ2) is 7.43. The summed E-state index contributed by atoms with van der Waals surface area (Å²) in [4.78, 5) is 10.6. The lowest BCUT2D eigenvalue weighted by Crippen LogP contribution is -2.19. The van der Waals surface area contributed by atoms with Crippen LogP contribution in [0.2, 0.25) is 0 Å². The predicted molar refractivity (Wildman–Crippen MR) is 113 cm³/mol. The van der Waals surface area contributed by atoms with Gasteiger partial charge in [0.05, 0.1) is 17.5 Å². The number of rotatable bonds is 5. The molecule has 0 saturated carbocycles. The summed E-state index contributed by atoms with van der Waals surface area (Å²) in [6.07, 6.45) is 8.01. The van der Waals surface area contributed by atoms with Crippen molar-refractivity contribution in [2.45, 2.75) is 12.3 Å². The van der Waals surface area contributed by atoms with Gasteiger partial charge in [0.15, 0.2) is 0 Å². The lowest BCUT2D eigenvalue weighted by molar-refractivity contribution is 0.445. The van der Waals surface area contributed by atoms with E-state index in [1.54, 1.807) is 31.9 Å². The first-order chi connectivity index (χ1) is 13.6. The monoisotopic (exact) mass is 374 g/mol. The SMILES string of the molecule is C=Cc1ccc(-c2cc(C3CCN(C(=C)/C=N\C)C3)c3ccncn23)c(F)c1. The fourth-order valence-electron chi connectivity index (χ4n) is 3.99. The number of hydrogen-bond donors (Lipinski definition) is 0. The van der Waals surface area contributed by atoms with Gasteiger partial charge in [0.25, 0.3) is 0 Å². The van der Waals surface area contributed by atoms with Gasteiger partial charge in [0, 0.05) is 49.7 Å². The maximum atomic E-state index is 14.8. The van der Waals surface area contributed by atoms with Crippen LogP contribution in [-0.4, -0.2) is 40.6 Å². The van der Waals surface area contributed by atoms with Crippen LogP contribution in [0.4, 0.5) is 4.39 Å². The van der Waals surface area contributed by atoms with E-state index in [1.165, 1.54) is 11.6 Å². The second-order valence-electron chi connectivity index (χ2n) is 7.07. The molecule has 0 radical (unpaired) electrons. The Labute approximate surface area is 164 Å². The van der Waals surface area contributed by atoms with Gasteiger partial charge in [-0.2, -0.15) is 0 Å². The van der Waals surface area contributed by atoms with Gasteiger partial charge in [-0.1, -0.05) is 25.3 Å². The van der Waals surface area contributed by atoms with Crippen molar-refractivity contribution in [3.8, 4) is 11.3 Å². The fraction of sp³-hybridized carbons (Fsp3) is 0.217. The van der Waals surface area contributed by atoms with E-state index in [1.807, 2.05) is 22.6 Å². The standard InChI is InChI=1S/C23H23FN4/c1-4-17-5-6-19(21(24)11-17)23-12-20(22-7-9-26-15-28(22)23)18-8-10-27(14-18)16(2)13-25-3/h4-7,9,11-13,15,18H,1-2,8,10,14H2,3H3/b25-13-. The van der Waals surface area contributed by atoms with Crippen LogP contribution >= 0.6 is 0 Å². The maximum Gasteiger partial charge on any atom is 0.133 e. The molecule has 3 heterocycles. The third-order valence-electron chi connectivity index (χ3n) is 5.42. The van der Waals surface area contributed by atoms with Crippen LogP contribution in [0.3, 0.4) is 0 Å². The van der Waals surface area contributed by atoms with E-state index in [4.69, 9.17) is 0 Å². The number of likely N-dealkylation sites (tertiary alicyclic amines) is 1. The molecule has 0 spiro atoms. The normalized spacial score (nSPS) is 16.9. The number of hydrogen-bond acceptors (Lipinski definition) is 3. The molecule has 1 atom stereocenters. The van der Waals surface area contributed by atoms with Gasteiger partial charge in [-0.3, -0.25) is 9.39 Å². The highest BCUT2D eigenvalue weighted by Crippen LogP contribution is 2.36. The molecule has 1 saturated heterocycles. The second-order valence-corrected chi connectivity index (χ2v) is 7.07. The zero-order valence-electron chi connectivity index (χ0n) is 16.0. The van der Waals surface area contributed by atoms with Crippen molar-refractivity contribution >= 4 is 17.8 Å². The van der Waals surface area contributed by atoms with Crippen LogP contribution in [0.15, 0.2) is 66.7 Å². The summed E-state index contributed by atoms with van der Waals surface area (Å²) in [5, 5.41) is 0. The Hall–Kier alpha value is -3.21. The molecular weight excluding hydrogens is 351 g/mol. The summed E-state index contributed by atoms with van der Waals surface area (Å²) in [5.41, 5.74) is 5.37. The minimum absolute atomic E-state index is 0.257. The van der Waals surface area contributed by atoms with Crippen molar-refractivity contribution in [2.75, 3.05) is 20.1 Å². The molecule has 2 aromatic heterocycles. The molecule has 1 aliphatic rings. The average molecular weight is 374 g/mol. The summed E-state index contributed by atoms with van der Waals surface area (Å²) in [7, 11) is 1.76. The van der Waals surface area contributed by atoms with Crippen molar-refractivity contribution in [3.05, 3.63) is 78.7 Å². The number of halogens is 1. The molecular formula is C23H23FN4. The maximum absolute atomic E-state index is 14.8. The van der Waals surface area contributed by atoms with Crippen LogP contribution in [0.5, 0.6) is 0 Å². The third-order valence-corrected chi connectivity index (χ3v) is 5.42. The minimum atomic E-state index is -0.257. The molecule has 0 bridgehead atoms. The Balaban J connectivity index is 1.76. The zero-order chi connectivity index (χ0) is 19.7. The zero-order valence-corrected chi connectivity index (χ0v) is 16.0. The summed E-state index contributed by atoms with van der Waals surface area (Å²) >= 11 is 0. The number of benzene rings is 1. The topological polar surface area (TPSA) is 32.9 Å². The van der Waals surface area contributed by atoms with Crippen LogP contribution in [-0.2, 0) is 0 Å². The van der Waals surface area contributed by atoms with Crippen LogP contribution < -0.4 is 0 Å². The Morgan fingerprint density at radius 1 is 1.32 bits per heavy atom. The predicted octanol–water partition coefficient (Wildman–Crippen LogP) is 4.79. The van der Waals surface area contributed by atoms with Gasteiger partial charge in [0.1, 0.15) is 5.82 Å². The molecule has 5 heteroatoms. The first kappa shape index (κ1) is 18.2. The van der Waals surface area contributed by atoms with E-state index in [2.05, 4.69) is 34.1 Å². The Kier molecular flexibility index (Phi) is 4.82. The summed E-state index contributed by atoms with van der Waals surface area (Å²) in [6, 6.07) is 9.31. The number of aliphatic imine (C=N–C) groups is 1. The molecule has 1 fully saturated rings. The Morgan fingerprint density at radius 3 is 2.93 bits per heavy atom. The molecule has 1 aromatic carbocycles. The van der Waals surface area contributed by atoms with E-state index in [9.17, 15) is 4.39 Å². The summed E-state index contributed by atoms with van der Waals surface area (Å²) in [5.74, 6) is 0.0939. The van der Waals surface area contributed by atoms with Gasteiger partial charge in [-0.25, -0.2) is 9.37 Å². The van der Waals surface area contributed by atoms with Crippen molar-refractivity contribution in [3.63, 3.8) is 0 Å². The molecule has 1 aliphatic heterocycles. The quantitative estimate of drug-likeness (QED) is 0.602. The molecule has 142 valence electrons. The molecule has 4 rings (SSSR count). The van der Waals surface area contributed by atoms with E-state index < -0.39 is 0 Å². The number of aromatic nitrogens is 2. The lowest BCUT2D eigenvalue weighted by Gasteiger charge is -2.18. The first-order valence-electron chi connectivity index (χ1n) is 9.35. The van der Waals surface area contributed by atoms with Gasteiger partial charge >= 0.3 is 0 Å². The average Bonchev–Trinajstić information content (AvgIpc) is 3.33. The van der Waals surface area contributed by atoms with Crippen molar-refractivity contribution in [2.24, 2.45) is 4.99 Å². The van der Waals surface area contributed by atoms with Gasteiger partial charge in [-0.05, 0) is 41.8 Å². The van der Waals surface area contributed by atoms with E-state index >= 15 is 0 Å². The van der Waals surface area contributed by atoms with Crippen LogP contribution in [0.25, 0.3) is 22.9 Å². The Bertz CT molecular complexity index is 1080.